The van der Waals surface area contributed by atoms with Gasteiger partial charge in [0.25, 0.3) is 0 Å². The highest BCUT2D eigenvalue weighted by Crippen LogP contribution is 2.22. The monoisotopic (exact) mass is 303 g/mol. The maximum Gasteiger partial charge on any atom is 0.140 e. The highest BCUT2D eigenvalue weighted by atomic mass is 16.3. The van der Waals surface area contributed by atoms with E-state index in [1.807, 2.05) is 18.3 Å². The van der Waals surface area contributed by atoms with Gasteiger partial charge in [-0.3, -0.25) is 0 Å². The second kappa shape index (κ2) is 5.65. The number of hydrogen-bond donors (Lipinski definition) is 1. The van der Waals surface area contributed by atoms with Crippen molar-refractivity contribution in [3.63, 3.8) is 0 Å². The SMILES string of the molecule is Oc1cccc(-c2nccn2CCn2ccc3ccccc32)c1. The van der Waals surface area contributed by atoms with Crippen molar-refractivity contribution < 1.29 is 5.11 Å². The number of phenols is 1. The number of para-hydroxylation sites is 1. The van der Waals surface area contributed by atoms with Crippen molar-refractivity contribution in [2.75, 3.05) is 0 Å². The number of hydrogen-bond acceptors (Lipinski definition) is 2. The van der Waals surface area contributed by atoms with Crippen LogP contribution in [0.25, 0.3) is 22.3 Å². The molecule has 114 valence electrons. The summed E-state index contributed by atoms with van der Waals surface area (Å²) >= 11 is 0. The maximum absolute atomic E-state index is 9.66. The molecule has 0 aliphatic carbocycles. The number of rotatable bonds is 4. The molecule has 2 aromatic heterocycles. The Hall–Kier alpha value is -3.01. The Balaban J connectivity index is 1.60. The molecular weight excluding hydrogens is 286 g/mol. The van der Waals surface area contributed by atoms with Gasteiger partial charge in [-0.2, -0.15) is 0 Å². The number of fused-ring (bicyclic) bond motifs is 1. The molecule has 0 radical (unpaired) electrons. The summed E-state index contributed by atoms with van der Waals surface area (Å²) < 4.78 is 4.37. The quantitative estimate of drug-likeness (QED) is 0.621. The molecule has 4 rings (SSSR count). The average molecular weight is 303 g/mol. The van der Waals surface area contributed by atoms with Crippen molar-refractivity contribution in [3.8, 4) is 17.1 Å². The molecule has 0 aliphatic heterocycles. The van der Waals surface area contributed by atoms with Gasteiger partial charge >= 0.3 is 0 Å². The molecule has 4 aromatic rings. The first-order valence-corrected chi connectivity index (χ1v) is 7.66. The van der Waals surface area contributed by atoms with Crippen molar-refractivity contribution in [1.82, 2.24) is 14.1 Å². The third-order valence-electron chi connectivity index (χ3n) is 4.08. The van der Waals surface area contributed by atoms with E-state index >= 15 is 0 Å². The topological polar surface area (TPSA) is 43.0 Å². The van der Waals surface area contributed by atoms with Crippen LogP contribution >= 0.6 is 0 Å². The van der Waals surface area contributed by atoms with Crippen LogP contribution in [0.2, 0.25) is 0 Å². The Morgan fingerprint density at radius 3 is 2.65 bits per heavy atom. The summed E-state index contributed by atoms with van der Waals surface area (Å²) in [6.07, 6.45) is 5.90. The Labute approximate surface area is 134 Å². The zero-order valence-electron chi connectivity index (χ0n) is 12.6. The van der Waals surface area contributed by atoms with Crippen LogP contribution in [0.4, 0.5) is 0 Å². The van der Waals surface area contributed by atoms with Crippen molar-refractivity contribution >= 4 is 10.9 Å². The summed E-state index contributed by atoms with van der Waals surface area (Å²) in [4.78, 5) is 4.43. The van der Waals surface area contributed by atoms with Gasteiger partial charge in [-0.1, -0.05) is 30.3 Å². The van der Waals surface area contributed by atoms with Crippen molar-refractivity contribution in [2.24, 2.45) is 0 Å². The van der Waals surface area contributed by atoms with Crippen LogP contribution in [0.15, 0.2) is 73.2 Å². The van der Waals surface area contributed by atoms with Gasteiger partial charge in [0.05, 0.1) is 0 Å². The predicted octanol–water partition coefficient (Wildman–Crippen LogP) is 3.91. The molecule has 0 saturated heterocycles. The smallest absolute Gasteiger partial charge is 0.140 e. The average Bonchev–Trinajstić information content (AvgIpc) is 3.20. The van der Waals surface area contributed by atoms with E-state index in [9.17, 15) is 5.11 Å². The summed E-state index contributed by atoms with van der Waals surface area (Å²) in [7, 11) is 0. The van der Waals surface area contributed by atoms with Crippen molar-refractivity contribution in [2.45, 2.75) is 13.1 Å². The predicted molar refractivity (Wildman–Crippen MR) is 91.3 cm³/mol. The molecule has 0 amide bonds. The van der Waals surface area contributed by atoms with E-state index in [2.05, 4.69) is 50.6 Å². The number of imidazole rings is 1. The minimum Gasteiger partial charge on any atom is -0.508 e. The molecule has 2 aromatic carbocycles. The van der Waals surface area contributed by atoms with Gasteiger partial charge in [0.2, 0.25) is 0 Å². The van der Waals surface area contributed by atoms with Gasteiger partial charge in [-0.15, -0.1) is 0 Å². The largest absolute Gasteiger partial charge is 0.508 e. The van der Waals surface area contributed by atoms with E-state index in [1.165, 1.54) is 10.9 Å². The van der Waals surface area contributed by atoms with E-state index in [0.717, 1.165) is 24.5 Å². The lowest BCUT2D eigenvalue weighted by molar-refractivity contribution is 0.475. The zero-order chi connectivity index (χ0) is 15.6. The van der Waals surface area contributed by atoms with Crippen LogP contribution < -0.4 is 0 Å². The summed E-state index contributed by atoms with van der Waals surface area (Å²) in [5.74, 6) is 1.13. The standard InChI is InChI=1S/C19H17N3O/c23-17-6-3-5-16(14-17)19-20-9-11-22(19)13-12-21-10-8-15-4-1-2-7-18(15)21/h1-11,14,23H,12-13H2. The molecule has 2 heterocycles. The lowest BCUT2D eigenvalue weighted by Gasteiger charge is -2.10. The van der Waals surface area contributed by atoms with Gasteiger partial charge in [-0.05, 0) is 29.7 Å². The summed E-state index contributed by atoms with van der Waals surface area (Å²) in [6.45, 7) is 1.69. The fourth-order valence-corrected chi connectivity index (χ4v) is 2.95. The number of aryl methyl sites for hydroxylation is 2. The van der Waals surface area contributed by atoms with Gasteiger partial charge in [0.1, 0.15) is 11.6 Å². The molecule has 0 atom stereocenters. The Morgan fingerprint density at radius 2 is 1.74 bits per heavy atom. The highest BCUT2D eigenvalue weighted by Gasteiger charge is 2.07. The molecule has 0 spiro atoms. The van der Waals surface area contributed by atoms with Gasteiger partial charge in [0.15, 0.2) is 0 Å². The number of aromatic hydroxyl groups is 1. The number of benzene rings is 2. The first-order valence-electron chi connectivity index (χ1n) is 7.66. The van der Waals surface area contributed by atoms with Gasteiger partial charge < -0.3 is 14.2 Å². The van der Waals surface area contributed by atoms with Gasteiger partial charge in [0, 0.05) is 42.8 Å². The van der Waals surface area contributed by atoms with E-state index < -0.39 is 0 Å². The first-order chi connectivity index (χ1) is 11.3. The van der Waals surface area contributed by atoms with E-state index in [1.54, 1.807) is 18.3 Å². The lowest BCUT2D eigenvalue weighted by atomic mass is 10.2. The highest BCUT2D eigenvalue weighted by molar-refractivity contribution is 5.79. The lowest BCUT2D eigenvalue weighted by Crippen LogP contribution is -2.07. The molecular formula is C19H17N3O. The minimum absolute atomic E-state index is 0.258. The molecule has 0 aliphatic rings. The third-order valence-corrected chi connectivity index (χ3v) is 4.08. The van der Waals surface area contributed by atoms with Crippen LogP contribution in [0, 0.1) is 0 Å². The molecule has 0 bridgehead atoms. The molecule has 4 heteroatoms. The fourth-order valence-electron chi connectivity index (χ4n) is 2.95. The second-order valence-corrected chi connectivity index (χ2v) is 5.56. The fraction of sp³-hybridized carbons (Fsp3) is 0.105. The molecule has 0 unspecified atom stereocenters. The molecule has 0 fully saturated rings. The molecule has 4 nitrogen and oxygen atoms in total. The third kappa shape index (κ3) is 2.59. The zero-order valence-corrected chi connectivity index (χ0v) is 12.6. The van der Waals surface area contributed by atoms with E-state index in [4.69, 9.17) is 0 Å². The Kier molecular flexibility index (Phi) is 3.35. The van der Waals surface area contributed by atoms with Crippen LogP contribution in [0.1, 0.15) is 0 Å². The number of aromatic nitrogens is 3. The van der Waals surface area contributed by atoms with Crippen LogP contribution in [0.3, 0.4) is 0 Å². The normalized spacial score (nSPS) is 11.1. The number of nitrogens with zero attached hydrogens (tertiary/aromatic N) is 3. The maximum atomic E-state index is 9.66. The first kappa shape index (κ1) is 13.6. The summed E-state index contributed by atoms with van der Waals surface area (Å²) in [5.41, 5.74) is 2.17. The summed E-state index contributed by atoms with van der Waals surface area (Å²) in [5, 5.41) is 10.9. The van der Waals surface area contributed by atoms with E-state index in [0.29, 0.717) is 0 Å². The minimum atomic E-state index is 0.258. The van der Waals surface area contributed by atoms with Crippen LogP contribution in [0.5, 0.6) is 5.75 Å². The summed E-state index contributed by atoms with van der Waals surface area (Å²) in [6, 6.07) is 17.7. The Bertz CT molecular complexity index is 952. The number of phenolic OH excluding ortho intramolecular Hbond substituents is 1. The van der Waals surface area contributed by atoms with Crippen LogP contribution in [-0.4, -0.2) is 19.2 Å². The Morgan fingerprint density at radius 1 is 0.870 bits per heavy atom. The molecule has 1 N–H and O–H groups in total. The van der Waals surface area contributed by atoms with Crippen molar-refractivity contribution in [3.05, 3.63) is 73.2 Å². The van der Waals surface area contributed by atoms with Crippen molar-refractivity contribution in [1.29, 1.82) is 0 Å². The van der Waals surface area contributed by atoms with Crippen LogP contribution in [-0.2, 0) is 13.1 Å². The second-order valence-electron chi connectivity index (χ2n) is 5.56. The van der Waals surface area contributed by atoms with Gasteiger partial charge in [-0.25, -0.2) is 4.98 Å². The molecule has 0 saturated carbocycles. The molecule has 23 heavy (non-hydrogen) atoms. The van der Waals surface area contributed by atoms with E-state index in [-0.39, 0.29) is 5.75 Å².